The van der Waals surface area contributed by atoms with Crippen molar-refractivity contribution >= 4 is 34.3 Å². The number of benzene rings is 1. The largest absolute Gasteiger partial charge is 0.305 e. The van der Waals surface area contributed by atoms with Crippen molar-refractivity contribution in [1.82, 2.24) is 0 Å². The molecule has 0 fully saturated rings. The zero-order valence-corrected chi connectivity index (χ0v) is 8.23. The van der Waals surface area contributed by atoms with Gasteiger partial charge in [-0.3, -0.25) is 4.79 Å². The summed E-state index contributed by atoms with van der Waals surface area (Å²) in [5, 5.41) is 0.520. The van der Waals surface area contributed by atoms with E-state index in [4.69, 9.17) is 11.6 Å². The summed E-state index contributed by atoms with van der Waals surface area (Å²) >= 11 is 7.16. The van der Waals surface area contributed by atoms with E-state index in [0.29, 0.717) is 10.8 Å². The third-order valence-electron chi connectivity index (χ3n) is 1.74. The fourth-order valence-corrected chi connectivity index (χ4v) is 2.04. The van der Waals surface area contributed by atoms with Crippen LogP contribution in [0.25, 0.3) is 0 Å². The lowest BCUT2D eigenvalue weighted by molar-refractivity contribution is 0.268. The van der Waals surface area contributed by atoms with Gasteiger partial charge < -0.3 is 0 Å². The molecule has 0 radical (unpaired) electrons. The first-order chi connectivity index (χ1) is 6.27. The molecule has 2 rings (SSSR count). The number of amides is 1. The third-order valence-corrected chi connectivity index (χ3v) is 2.83. The molecule has 4 heteroatoms. The second kappa shape index (κ2) is 3.52. The Hall–Kier alpha value is -0.800. The molecule has 2 nitrogen and oxygen atoms in total. The van der Waals surface area contributed by atoms with Gasteiger partial charge in [-0.25, -0.2) is 4.99 Å². The van der Waals surface area contributed by atoms with Crippen LogP contribution in [0.4, 0.5) is 4.79 Å². The lowest BCUT2D eigenvalue weighted by Gasteiger charge is -2.00. The van der Waals surface area contributed by atoms with Crippen molar-refractivity contribution in [3.63, 3.8) is 0 Å². The summed E-state index contributed by atoms with van der Waals surface area (Å²) in [7, 11) is 0. The fraction of sp³-hybridized carbons (Fsp3) is 0.111. The van der Waals surface area contributed by atoms with Crippen LogP contribution in [0, 0.1) is 0 Å². The average Bonchev–Trinajstić information content (AvgIpc) is 2.53. The van der Waals surface area contributed by atoms with Crippen LogP contribution in [-0.4, -0.2) is 16.7 Å². The van der Waals surface area contributed by atoms with Crippen LogP contribution in [-0.2, 0) is 0 Å². The standard InChI is InChI=1S/C9H6ClNOS/c10-7-4-2-1-3-6(7)8-5-13-9(12)11-8/h1-4H,5H2. The quantitative estimate of drug-likeness (QED) is 0.715. The van der Waals surface area contributed by atoms with E-state index in [1.54, 1.807) is 6.07 Å². The van der Waals surface area contributed by atoms with Crippen molar-refractivity contribution in [2.75, 3.05) is 5.75 Å². The topological polar surface area (TPSA) is 29.4 Å². The van der Waals surface area contributed by atoms with Crippen molar-refractivity contribution < 1.29 is 4.79 Å². The zero-order valence-electron chi connectivity index (χ0n) is 6.66. The normalized spacial score (nSPS) is 16.1. The summed E-state index contributed by atoms with van der Waals surface area (Å²) in [5.74, 6) is 0.628. The van der Waals surface area contributed by atoms with Crippen molar-refractivity contribution in [3.8, 4) is 0 Å². The monoisotopic (exact) mass is 211 g/mol. The molecule has 0 saturated carbocycles. The third kappa shape index (κ3) is 1.76. The number of hydrogen-bond acceptors (Lipinski definition) is 2. The van der Waals surface area contributed by atoms with Gasteiger partial charge in [0.15, 0.2) is 0 Å². The Balaban J connectivity index is 2.41. The van der Waals surface area contributed by atoms with Gasteiger partial charge in [-0.05, 0) is 6.07 Å². The molecular weight excluding hydrogens is 206 g/mol. The first kappa shape index (κ1) is 8.78. The highest BCUT2D eigenvalue weighted by Crippen LogP contribution is 2.23. The number of aliphatic imine (C=N–C) groups is 1. The van der Waals surface area contributed by atoms with Crippen LogP contribution in [0.1, 0.15) is 5.56 Å². The fourth-order valence-electron chi connectivity index (χ4n) is 1.14. The van der Waals surface area contributed by atoms with Crippen LogP contribution in [0.15, 0.2) is 29.3 Å². The number of thioether (sulfide) groups is 1. The summed E-state index contributed by atoms with van der Waals surface area (Å²) in [6.45, 7) is 0. The molecule has 0 unspecified atom stereocenters. The van der Waals surface area contributed by atoms with E-state index >= 15 is 0 Å². The van der Waals surface area contributed by atoms with Gasteiger partial charge in [0.2, 0.25) is 0 Å². The molecule has 0 aromatic heterocycles. The molecule has 1 aliphatic rings. The van der Waals surface area contributed by atoms with Gasteiger partial charge in [0.25, 0.3) is 0 Å². The van der Waals surface area contributed by atoms with Crippen molar-refractivity contribution in [1.29, 1.82) is 0 Å². The van der Waals surface area contributed by atoms with E-state index in [1.807, 2.05) is 18.2 Å². The van der Waals surface area contributed by atoms with Gasteiger partial charge in [0, 0.05) is 16.3 Å². The molecule has 0 aliphatic carbocycles. The van der Waals surface area contributed by atoms with Gasteiger partial charge in [0.05, 0.1) is 5.71 Å². The van der Waals surface area contributed by atoms with Crippen molar-refractivity contribution in [2.24, 2.45) is 4.99 Å². The smallest absolute Gasteiger partial charge is 0.259 e. The summed E-state index contributed by atoms with van der Waals surface area (Å²) in [5.41, 5.74) is 1.64. The van der Waals surface area contributed by atoms with Gasteiger partial charge in [-0.15, -0.1) is 0 Å². The van der Waals surface area contributed by atoms with Crippen LogP contribution < -0.4 is 0 Å². The highest BCUT2D eigenvalue weighted by Gasteiger charge is 2.17. The lowest BCUT2D eigenvalue weighted by Crippen LogP contribution is -2.00. The van der Waals surface area contributed by atoms with E-state index in [2.05, 4.69) is 4.99 Å². The Labute approximate surface area is 85.0 Å². The van der Waals surface area contributed by atoms with E-state index in [0.717, 1.165) is 11.3 Å². The van der Waals surface area contributed by atoms with Crippen LogP contribution in [0.2, 0.25) is 5.02 Å². The molecule has 1 amide bonds. The van der Waals surface area contributed by atoms with Crippen LogP contribution >= 0.6 is 23.4 Å². The first-order valence-electron chi connectivity index (χ1n) is 3.76. The maximum absolute atomic E-state index is 10.9. The Morgan fingerprint density at radius 1 is 1.38 bits per heavy atom. The Kier molecular flexibility index (Phi) is 2.38. The average molecular weight is 212 g/mol. The molecular formula is C9H6ClNOS. The Morgan fingerprint density at radius 3 is 2.77 bits per heavy atom. The minimum absolute atomic E-state index is 0.130. The maximum Gasteiger partial charge on any atom is 0.305 e. The molecule has 0 bridgehead atoms. The minimum atomic E-state index is -0.130. The van der Waals surface area contributed by atoms with Crippen LogP contribution in [0.5, 0.6) is 0 Å². The predicted octanol–water partition coefficient (Wildman–Crippen LogP) is 3.00. The molecule has 1 aliphatic heterocycles. The summed E-state index contributed by atoms with van der Waals surface area (Å²) < 4.78 is 0. The highest BCUT2D eigenvalue weighted by molar-refractivity contribution is 8.14. The molecule has 0 saturated heterocycles. The molecule has 0 atom stereocenters. The predicted molar refractivity (Wildman–Crippen MR) is 55.8 cm³/mol. The maximum atomic E-state index is 10.9. The highest BCUT2D eigenvalue weighted by atomic mass is 35.5. The summed E-state index contributed by atoms with van der Waals surface area (Å²) in [6, 6.07) is 7.42. The number of hydrogen-bond donors (Lipinski definition) is 0. The first-order valence-corrected chi connectivity index (χ1v) is 5.13. The zero-order chi connectivity index (χ0) is 9.26. The summed E-state index contributed by atoms with van der Waals surface area (Å²) in [4.78, 5) is 14.7. The lowest BCUT2D eigenvalue weighted by atomic mass is 10.1. The Morgan fingerprint density at radius 2 is 2.15 bits per heavy atom. The molecule has 0 N–H and O–H groups in total. The number of rotatable bonds is 1. The van der Waals surface area contributed by atoms with Gasteiger partial charge in [0.1, 0.15) is 0 Å². The van der Waals surface area contributed by atoms with Crippen molar-refractivity contribution in [2.45, 2.75) is 0 Å². The number of nitrogens with zero attached hydrogens (tertiary/aromatic N) is 1. The molecule has 1 aromatic carbocycles. The number of carbonyl (C=O) groups excluding carboxylic acids is 1. The molecule has 0 spiro atoms. The van der Waals surface area contributed by atoms with Gasteiger partial charge in [-0.1, -0.05) is 41.6 Å². The molecule has 13 heavy (non-hydrogen) atoms. The summed E-state index contributed by atoms with van der Waals surface area (Å²) in [6.07, 6.45) is 0. The van der Waals surface area contributed by atoms with Crippen LogP contribution in [0.3, 0.4) is 0 Å². The molecule has 66 valence electrons. The minimum Gasteiger partial charge on any atom is -0.259 e. The second-order valence-electron chi connectivity index (χ2n) is 2.59. The van der Waals surface area contributed by atoms with E-state index in [9.17, 15) is 4.79 Å². The molecule has 1 aromatic rings. The SMILES string of the molecule is O=C1N=C(c2ccccc2Cl)CS1. The van der Waals surface area contributed by atoms with E-state index in [-0.39, 0.29) is 5.24 Å². The van der Waals surface area contributed by atoms with Gasteiger partial charge in [-0.2, -0.15) is 0 Å². The molecule has 1 heterocycles. The van der Waals surface area contributed by atoms with E-state index in [1.165, 1.54) is 11.8 Å². The number of carbonyl (C=O) groups is 1. The van der Waals surface area contributed by atoms with Gasteiger partial charge >= 0.3 is 5.24 Å². The number of halogens is 1. The van der Waals surface area contributed by atoms with E-state index < -0.39 is 0 Å². The Bertz CT molecular complexity index is 389. The van der Waals surface area contributed by atoms with Crippen molar-refractivity contribution in [3.05, 3.63) is 34.9 Å². The second-order valence-corrected chi connectivity index (χ2v) is 3.93.